The Kier molecular flexibility index (Phi) is 11.9. The van der Waals surface area contributed by atoms with Gasteiger partial charge in [-0.1, -0.05) is 59.6 Å². The van der Waals surface area contributed by atoms with Crippen molar-refractivity contribution in [2.75, 3.05) is 26.2 Å². The summed E-state index contributed by atoms with van der Waals surface area (Å²) in [6, 6.07) is 11.2. The maximum atomic E-state index is 14.4. The summed E-state index contributed by atoms with van der Waals surface area (Å²) >= 11 is 20.6. The fourth-order valence-electron chi connectivity index (χ4n) is 5.73. The fraction of sp³-hybridized carbons (Fsp3) is 0.343. The number of nitrogens with one attached hydrogen (secondary N) is 2. The van der Waals surface area contributed by atoms with E-state index in [0.717, 1.165) is 21.6 Å². The number of hydrogen-bond donors (Lipinski definition) is 3. The summed E-state index contributed by atoms with van der Waals surface area (Å²) in [7, 11) is 0. The van der Waals surface area contributed by atoms with Crippen LogP contribution in [0.15, 0.2) is 60.7 Å². The first-order chi connectivity index (χ1) is 23.0. The number of ether oxygens (including phenoxy) is 1. The van der Waals surface area contributed by atoms with Gasteiger partial charge in [-0.15, -0.1) is 22.9 Å². The number of hydrogen-bond acceptors (Lipinski definition) is 6. The third-order valence-corrected chi connectivity index (χ3v) is 10.5. The number of rotatable bonds is 12. The Hall–Kier alpha value is -3.41. The number of carbonyl (C=O) groups is 3. The first-order valence-corrected chi connectivity index (χ1v) is 17.6. The van der Waals surface area contributed by atoms with E-state index in [1.54, 1.807) is 29.2 Å². The van der Waals surface area contributed by atoms with E-state index in [-0.39, 0.29) is 42.7 Å². The molecule has 2 aromatic carbocycles. The minimum absolute atomic E-state index is 0.140. The third kappa shape index (κ3) is 8.41. The van der Waals surface area contributed by atoms with Gasteiger partial charge in [0.1, 0.15) is 16.2 Å². The van der Waals surface area contributed by atoms with Crippen LogP contribution in [0, 0.1) is 5.82 Å². The number of likely N-dealkylation sites (tertiary alicyclic amines) is 1. The van der Waals surface area contributed by atoms with Crippen LogP contribution in [0.2, 0.25) is 10.0 Å². The molecule has 1 atom stereocenters. The Morgan fingerprint density at radius 2 is 1.85 bits per heavy atom. The summed E-state index contributed by atoms with van der Waals surface area (Å²) < 4.78 is 19.8. The molecule has 2 heterocycles. The number of piperidine rings is 1. The van der Waals surface area contributed by atoms with Crippen LogP contribution in [0.4, 0.5) is 4.39 Å². The zero-order valence-electron chi connectivity index (χ0n) is 26.3. The largest absolute Gasteiger partial charge is 0.491 e. The van der Waals surface area contributed by atoms with Gasteiger partial charge in [0.15, 0.2) is 5.75 Å². The predicted octanol–water partition coefficient (Wildman–Crippen LogP) is 6.97. The molecule has 1 saturated heterocycles. The molecule has 1 unspecified atom stereocenters. The van der Waals surface area contributed by atoms with Crippen molar-refractivity contribution in [3.63, 3.8) is 0 Å². The lowest BCUT2D eigenvalue weighted by molar-refractivity contribution is -0.126. The predicted molar refractivity (Wildman–Crippen MR) is 190 cm³/mol. The number of nitrogens with zero attached hydrogens (tertiary/aromatic N) is 1. The topological polar surface area (TPSA) is 114 Å². The van der Waals surface area contributed by atoms with Gasteiger partial charge in [-0.2, -0.15) is 0 Å². The van der Waals surface area contributed by atoms with Gasteiger partial charge in [0.25, 0.3) is 5.91 Å². The first-order valence-electron chi connectivity index (χ1n) is 15.6. The fourth-order valence-corrected chi connectivity index (χ4v) is 7.73. The Morgan fingerprint density at radius 3 is 2.48 bits per heavy atom. The smallest absolute Gasteiger partial charge is 0.267 e. The van der Waals surface area contributed by atoms with E-state index in [1.165, 1.54) is 30.4 Å². The third-order valence-electron chi connectivity index (χ3n) is 8.43. The Labute approximate surface area is 298 Å². The molecule has 254 valence electrons. The Morgan fingerprint density at radius 1 is 1.12 bits per heavy atom. The standard InChI is InChI=1S/C35H36Cl3FN4O4S/c1-21(44)41-15-2-18-47-30-29(23-5-7-24(36)8-6-23)31(27-12-9-25(37)19-28(27)38)48-32(30)33(45)43-16-13-35(14-17-43,34(40)46)42-20-22-3-10-26(39)11-4-22/h3-7,9-12,19,24,42H,2,8,13-18,20H2,1H3,(H2,40,46)(H,41,44). The van der Waals surface area contributed by atoms with Crippen molar-refractivity contribution < 1.29 is 23.5 Å². The second kappa shape index (κ2) is 15.9. The summed E-state index contributed by atoms with van der Waals surface area (Å²) in [4.78, 5) is 41.4. The summed E-state index contributed by atoms with van der Waals surface area (Å²) in [6.45, 7) is 2.95. The highest BCUT2D eigenvalue weighted by Crippen LogP contribution is 2.49. The molecule has 4 N–H and O–H groups in total. The lowest BCUT2D eigenvalue weighted by Gasteiger charge is -2.40. The SMILES string of the molecule is CC(=O)NCCCOc1c(C(=O)N2CCC(NCc3ccc(F)cc3)(C(N)=O)CC2)sc(-c2ccc(Cl)cc2Cl)c1C1=CCC(Cl)C=C1. The van der Waals surface area contributed by atoms with Crippen LogP contribution in [-0.4, -0.2) is 59.8 Å². The maximum absolute atomic E-state index is 14.4. The molecule has 1 fully saturated rings. The molecule has 0 saturated carbocycles. The quantitative estimate of drug-likeness (QED) is 0.138. The average molecular weight is 734 g/mol. The lowest BCUT2D eigenvalue weighted by atomic mass is 9.86. The molecule has 8 nitrogen and oxygen atoms in total. The van der Waals surface area contributed by atoms with Crippen LogP contribution in [0.1, 0.15) is 53.4 Å². The molecule has 1 aromatic heterocycles. The minimum atomic E-state index is -1.04. The number of amides is 3. The monoisotopic (exact) mass is 732 g/mol. The Balaban J connectivity index is 1.47. The number of primary amides is 1. The zero-order valence-corrected chi connectivity index (χ0v) is 29.4. The lowest BCUT2D eigenvalue weighted by Crippen LogP contribution is -2.61. The first kappa shape index (κ1) is 35.9. The number of carbonyl (C=O) groups excluding carboxylic acids is 3. The second-order valence-corrected chi connectivity index (χ2v) is 14.2. The molecule has 13 heteroatoms. The number of thiophene rings is 1. The summed E-state index contributed by atoms with van der Waals surface area (Å²) in [5, 5.41) is 6.80. The summed E-state index contributed by atoms with van der Waals surface area (Å²) in [6.07, 6.45) is 7.53. The van der Waals surface area contributed by atoms with Crippen LogP contribution < -0.4 is 21.1 Å². The van der Waals surface area contributed by atoms with Crippen LogP contribution in [-0.2, 0) is 16.1 Å². The van der Waals surface area contributed by atoms with Gasteiger partial charge in [-0.05, 0) is 61.1 Å². The van der Waals surface area contributed by atoms with Gasteiger partial charge in [-0.3, -0.25) is 19.7 Å². The van der Waals surface area contributed by atoms with Gasteiger partial charge < -0.3 is 20.7 Å². The van der Waals surface area contributed by atoms with Gasteiger partial charge in [0.2, 0.25) is 11.8 Å². The van der Waals surface area contributed by atoms with Crippen molar-refractivity contribution in [2.24, 2.45) is 5.73 Å². The average Bonchev–Trinajstić information content (AvgIpc) is 3.43. The van der Waals surface area contributed by atoms with E-state index in [9.17, 15) is 18.8 Å². The highest BCUT2D eigenvalue weighted by molar-refractivity contribution is 7.18. The molecule has 1 aliphatic carbocycles. The molecule has 0 radical (unpaired) electrons. The number of alkyl halides is 1. The molecule has 3 aromatic rings. The van der Waals surface area contributed by atoms with Gasteiger partial charge in [0, 0.05) is 54.1 Å². The molecule has 48 heavy (non-hydrogen) atoms. The summed E-state index contributed by atoms with van der Waals surface area (Å²) in [5.74, 6) is -0.824. The molecular formula is C35H36Cl3FN4O4S. The van der Waals surface area contributed by atoms with E-state index in [0.29, 0.717) is 65.0 Å². The molecule has 2 aliphatic rings. The molecule has 0 spiro atoms. The summed E-state index contributed by atoms with van der Waals surface area (Å²) in [5.41, 5.74) is 7.93. The van der Waals surface area contributed by atoms with Crippen molar-refractivity contribution >= 4 is 69.4 Å². The van der Waals surface area contributed by atoms with Gasteiger partial charge >= 0.3 is 0 Å². The van der Waals surface area contributed by atoms with E-state index < -0.39 is 11.4 Å². The van der Waals surface area contributed by atoms with E-state index >= 15 is 0 Å². The molecule has 0 bridgehead atoms. The van der Waals surface area contributed by atoms with Crippen molar-refractivity contribution in [1.29, 1.82) is 0 Å². The number of allylic oxidation sites excluding steroid dienone is 4. The van der Waals surface area contributed by atoms with Crippen molar-refractivity contribution in [1.82, 2.24) is 15.5 Å². The van der Waals surface area contributed by atoms with Crippen LogP contribution in [0.5, 0.6) is 5.75 Å². The molecule has 5 rings (SSSR count). The van der Waals surface area contributed by atoms with Crippen LogP contribution >= 0.6 is 46.1 Å². The maximum Gasteiger partial charge on any atom is 0.267 e. The number of nitrogens with two attached hydrogens (primary N) is 1. The molecular weight excluding hydrogens is 698 g/mol. The van der Waals surface area contributed by atoms with Crippen LogP contribution in [0.3, 0.4) is 0 Å². The molecule has 3 amide bonds. The van der Waals surface area contributed by atoms with Crippen molar-refractivity contribution in [2.45, 2.75) is 50.1 Å². The molecule has 1 aliphatic heterocycles. The highest BCUT2D eigenvalue weighted by Gasteiger charge is 2.42. The normalized spacial score (nSPS) is 17.1. The van der Waals surface area contributed by atoms with E-state index in [2.05, 4.69) is 10.6 Å². The van der Waals surface area contributed by atoms with Gasteiger partial charge in [0.05, 0.1) is 17.0 Å². The van der Waals surface area contributed by atoms with Crippen LogP contribution in [0.25, 0.3) is 16.0 Å². The highest BCUT2D eigenvalue weighted by atomic mass is 35.5. The number of halogens is 4. The van der Waals surface area contributed by atoms with Crippen molar-refractivity contribution in [3.8, 4) is 16.2 Å². The minimum Gasteiger partial charge on any atom is -0.491 e. The number of benzene rings is 2. The van der Waals surface area contributed by atoms with E-state index in [1.807, 2.05) is 24.3 Å². The van der Waals surface area contributed by atoms with Crippen molar-refractivity contribution in [3.05, 3.63) is 92.6 Å². The second-order valence-electron chi connectivity index (χ2n) is 11.8. The Bertz CT molecular complexity index is 1740. The van der Waals surface area contributed by atoms with E-state index in [4.69, 9.17) is 45.3 Å². The zero-order chi connectivity index (χ0) is 34.4. The van der Waals surface area contributed by atoms with Gasteiger partial charge in [-0.25, -0.2) is 4.39 Å².